The Morgan fingerprint density at radius 2 is 1.95 bits per heavy atom. The van der Waals surface area contributed by atoms with Crippen molar-refractivity contribution in [2.75, 3.05) is 0 Å². The predicted octanol–water partition coefficient (Wildman–Crippen LogP) is 3.00. The zero-order valence-electron chi connectivity index (χ0n) is 11.6. The second-order valence-electron chi connectivity index (χ2n) is 4.91. The van der Waals surface area contributed by atoms with Gasteiger partial charge in [0.05, 0.1) is 0 Å². The van der Waals surface area contributed by atoms with Crippen molar-refractivity contribution in [1.82, 2.24) is 10.4 Å². The van der Waals surface area contributed by atoms with Crippen LogP contribution in [0.4, 0.5) is 0 Å². The van der Waals surface area contributed by atoms with Crippen molar-refractivity contribution < 1.29 is 4.42 Å². The molecule has 4 heteroatoms. The molecule has 2 heterocycles. The number of hydrogen-bond acceptors (Lipinski definition) is 4. The Morgan fingerprint density at radius 1 is 1.15 bits per heavy atom. The van der Waals surface area contributed by atoms with Crippen molar-refractivity contribution in [3.63, 3.8) is 0 Å². The molecule has 1 unspecified atom stereocenters. The molecule has 4 nitrogen and oxygen atoms in total. The number of hydrogen-bond donors (Lipinski definition) is 2. The van der Waals surface area contributed by atoms with Gasteiger partial charge >= 0.3 is 0 Å². The van der Waals surface area contributed by atoms with E-state index in [-0.39, 0.29) is 6.04 Å². The number of nitrogens with two attached hydrogens (primary N) is 1. The fourth-order valence-electron chi connectivity index (χ4n) is 2.47. The minimum Gasteiger partial charge on any atom is -0.459 e. The molecule has 2 aromatic heterocycles. The number of aromatic nitrogens is 1. The number of nitrogens with one attached hydrogen (secondary N) is 1. The van der Waals surface area contributed by atoms with E-state index in [1.807, 2.05) is 56.3 Å². The van der Waals surface area contributed by atoms with E-state index in [0.29, 0.717) is 0 Å². The van der Waals surface area contributed by atoms with Crippen molar-refractivity contribution in [3.05, 3.63) is 65.2 Å². The van der Waals surface area contributed by atoms with Gasteiger partial charge in [0.1, 0.15) is 17.4 Å². The molecule has 0 aliphatic rings. The van der Waals surface area contributed by atoms with Crippen LogP contribution >= 0.6 is 0 Å². The van der Waals surface area contributed by atoms with E-state index in [4.69, 9.17) is 10.3 Å². The maximum absolute atomic E-state index is 5.89. The summed E-state index contributed by atoms with van der Waals surface area (Å²) in [6.07, 6.45) is 0. The Hall–Kier alpha value is -2.17. The van der Waals surface area contributed by atoms with Gasteiger partial charge in [-0.25, -0.2) is 5.43 Å². The highest BCUT2D eigenvalue weighted by molar-refractivity contribution is 5.78. The lowest BCUT2D eigenvalue weighted by molar-refractivity contribution is 0.475. The van der Waals surface area contributed by atoms with Crippen molar-refractivity contribution in [2.24, 2.45) is 5.84 Å². The van der Waals surface area contributed by atoms with E-state index in [2.05, 4.69) is 10.4 Å². The number of para-hydroxylation sites is 1. The van der Waals surface area contributed by atoms with Gasteiger partial charge in [0, 0.05) is 16.8 Å². The van der Waals surface area contributed by atoms with E-state index in [1.54, 1.807) is 0 Å². The molecule has 0 aliphatic carbocycles. The number of hydrazine groups is 1. The van der Waals surface area contributed by atoms with Crippen molar-refractivity contribution in [1.29, 1.82) is 0 Å². The van der Waals surface area contributed by atoms with Gasteiger partial charge in [-0.2, -0.15) is 0 Å². The van der Waals surface area contributed by atoms with Crippen LogP contribution in [0.2, 0.25) is 0 Å². The van der Waals surface area contributed by atoms with Crippen LogP contribution in [0.1, 0.15) is 28.8 Å². The number of aryl methyl sites for hydroxylation is 2. The zero-order valence-corrected chi connectivity index (χ0v) is 11.6. The number of furan rings is 1. The molecule has 3 aromatic rings. The molecular weight excluding hydrogens is 250 g/mol. The zero-order chi connectivity index (χ0) is 14.1. The molecule has 3 rings (SSSR count). The Kier molecular flexibility index (Phi) is 3.26. The van der Waals surface area contributed by atoms with Crippen molar-refractivity contribution in [3.8, 4) is 0 Å². The van der Waals surface area contributed by atoms with Gasteiger partial charge in [-0.1, -0.05) is 24.3 Å². The van der Waals surface area contributed by atoms with Crippen molar-refractivity contribution >= 4 is 11.0 Å². The highest BCUT2D eigenvalue weighted by Crippen LogP contribution is 2.28. The highest BCUT2D eigenvalue weighted by Gasteiger charge is 2.19. The molecule has 1 aromatic carbocycles. The van der Waals surface area contributed by atoms with Gasteiger partial charge in [0.2, 0.25) is 0 Å². The minimum atomic E-state index is -0.199. The summed E-state index contributed by atoms with van der Waals surface area (Å²) in [6.45, 7) is 3.96. The SMILES string of the molecule is Cc1ccc(C(NN)c2cc3ccccc3o2)c(C)n1. The van der Waals surface area contributed by atoms with Gasteiger partial charge in [0.25, 0.3) is 0 Å². The van der Waals surface area contributed by atoms with E-state index < -0.39 is 0 Å². The van der Waals surface area contributed by atoms with Gasteiger partial charge < -0.3 is 4.42 Å². The molecule has 0 spiro atoms. The lowest BCUT2D eigenvalue weighted by Crippen LogP contribution is -2.29. The summed E-state index contributed by atoms with van der Waals surface area (Å²) in [5, 5.41) is 1.07. The summed E-state index contributed by atoms with van der Waals surface area (Å²) in [4.78, 5) is 4.48. The van der Waals surface area contributed by atoms with Crippen LogP contribution in [0, 0.1) is 13.8 Å². The Balaban J connectivity index is 2.08. The molecule has 0 aliphatic heterocycles. The van der Waals surface area contributed by atoms with Crippen LogP contribution in [-0.2, 0) is 0 Å². The summed E-state index contributed by atoms with van der Waals surface area (Å²) >= 11 is 0. The summed E-state index contributed by atoms with van der Waals surface area (Å²) in [7, 11) is 0. The summed E-state index contributed by atoms with van der Waals surface area (Å²) in [5.41, 5.74) is 6.65. The number of rotatable bonds is 3. The van der Waals surface area contributed by atoms with Crippen LogP contribution in [0.25, 0.3) is 11.0 Å². The third-order valence-corrected chi connectivity index (χ3v) is 3.47. The van der Waals surface area contributed by atoms with Crippen molar-refractivity contribution in [2.45, 2.75) is 19.9 Å². The van der Waals surface area contributed by atoms with E-state index >= 15 is 0 Å². The molecule has 0 fully saturated rings. The largest absolute Gasteiger partial charge is 0.459 e. The van der Waals surface area contributed by atoms with Gasteiger partial charge in [-0.3, -0.25) is 10.8 Å². The second-order valence-corrected chi connectivity index (χ2v) is 4.91. The molecule has 3 N–H and O–H groups in total. The highest BCUT2D eigenvalue weighted by atomic mass is 16.3. The molecule has 0 bridgehead atoms. The minimum absolute atomic E-state index is 0.199. The number of fused-ring (bicyclic) bond motifs is 1. The maximum atomic E-state index is 5.89. The molecule has 0 saturated heterocycles. The van der Waals surface area contributed by atoms with Gasteiger partial charge in [-0.05, 0) is 37.6 Å². The van der Waals surface area contributed by atoms with Crippen LogP contribution in [-0.4, -0.2) is 4.98 Å². The average molecular weight is 267 g/mol. The normalized spacial score (nSPS) is 12.8. The van der Waals surface area contributed by atoms with Gasteiger partial charge in [0.15, 0.2) is 0 Å². The third-order valence-electron chi connectivity index (χ3n) is 3.47. The monoisotopic (exact) mass is 267 g/mol. The average Bonchev–Trinajstić information content (AvgIpc) is 2.85. The fraction of sp³-hybridized carbons (Fsp3) is 0.188. The first-order valence-corrected chi connectivity index (χ1v) is 6.58. The standard InChI is InChI=1S/C16H17N3O/c1-10-7-8-13(11(2)18-10)16(19-17)15-9-12-5-3-4-6-14(12)20-15/h3-9,16,19H,17H2,1-2H3. The predicted molar refractivity (Wildman–Crippen MR) is 79.1 cm³/mol. The lowest BCUT2D eigenvalue weighted by atomic mass is 10.0. The first kappa shape index (κ1) is 12.8. The number of benzene rings is 1. The Labute approximate surface area is 117 Å². The second kappa shape index (κ2) is 5.07. The number of pyridine rings is 1. The topological polar surface area (TPSA) is 64.1 Å². The Morgan fingerprint density at radius 3 is 2.65 bits per heavy atom. The van der Waals surface area contributed by atoms with Gasteiger partial charge in [-0.15, -0.1) is 0 Å². The van der Waals surface area contributed by atoms with Crippen LogP contribution in [0.15, 0.2) is 46.9 Å². The smallest absolute Gasteiger partial charge is 0.134 e. The van der Waals surface area contributed by atoms with Crippen LogP contribution < -0.4 is 11.3 Å². The summed E-state index contributed by atoms with van der Waals surface area (Å²) in [5.74, 6) is 6.52. The molecule has 0 radical (unpaired) electrons. The van der Waals surface area contributed by atoms with E-state index in [1.165, 1.54) is 0 Å². The summed E-state index contributed by atoms with van der Waals surface area (Å²) < 4.78 is 5.89. The Bertz CT molecular complexity index is 715. The molecule has 0 saturated carbocycles. The van der Waals surface area contributed by atoms with E-state index in [0.717, 1.165) is 33.7 Å². The third kappa shape index (κ3) is 2.19. The van der Waals surface area contributed by atoms with Crippen LogP contribution in [0.5, 0.6) is 0 Å². The maximum Gasteiger partial charge on any atom is 0.134 e. The quantitative estimate of drug-likeness (QED) is 0.565. The first-order valence-electron chi connectivity index (χ1n) is 6.58. The lowest BCUT2D eigenvalue weighted by Gasteiger charge is -2.16. The van der Waals surface area contributed by atoms with E-state index in [9.17, 15) is 0 Å². The molecule has 0 amide bonds. The molecular formula is C16H17N3O. The fourth-order valence-corrected chi connectivity index (χ4v) is 2.47. The first-order chi connectivity index (χ1) is 9.69. The molecule has 102 valence electrons. The summed E-state index contributed by atoms with van der Waals surface area (Å²) in [6, 6.07) is 13.8. The number of nitrogens with zero attached hydrogens (tertiary/aromatic N) is 1. The van der Waals surface area contributed by atoms with Crippen LogP contribution in [0.3, 0.4) is 0 Å². The molecule has 20 heavy (non-hydrogen) atoms. The molecule has 1 atom stereocenters.